The van der Waals surface area contributed by atoms with Gasteiger partial charge in [-0.2, -0.15) is 10.1 Å². The number of aryl methyl sites for hydroxylation is 2. The predicted octanol–water partition coefficient (Wildman–Crippen LogP) is 4.92. The Morgan fingerprint density at radius 1 is 1.17 bits per heavy atom. The van der Waals surface area contributed by atoms with Crippen molar-refractivity contribution in [3.8, 4) is 16.9 Å². The van der Waals surface area contributed by atoms with Crippen molar-refractivity contribution in [1.82, 2.24) is 19.8 Å². The molecule has 0 atom stereocenters. The Balaban J connectivity index is 1.54. The van der Waals surface area contributed by atoms with E-state index in [2.05, 4.69) is 50.3 Å². The molecular formula is C30H39ClFN7O2. The maximum Gasteiger partial charge on any atom is 0.245 e. The van der Waals surface area contributed by atoms with Crippen molar-refractivity contribution < 1.29 is 14.2 Å². The van der Waals surface area contributed by atoms with Crippen LogP contribution in [0.2, 0.25) is 5.02 Å². The Morgan fingerprint density at radius 2 is 1.93 bits per heavy atom. The van der Waals surface area contributed by atoms with Gasteiger partial charge in [0.05, 0.1) is 19.0 Å². The summed E-state index contributed by atoms with van der Waals surface area (Å²) in [6, 6.07) is 7.99. The van der Waals surface area contributed by atoms with Crippen LogP contribution >= 0.6 is 11.6 Å². The molecule has 0 unspecified atom stereocenters. The van der Waals surface area contributed by atoms with Crippen molar-refractivity contribution in [3.05, 3.63) is 63.6 Å². The van der Waals surface area contributed by atoms with E-state index < -0.39 is 5.82 Å². The minimum Gasteiger partial charge on any atom is -0.507 e. The number of ether oxygens (including phenoxy) is 1. The van der Waals surface area contributed by atoms with Crippen molar-refractivity contribution in [2.45, 2.75) is 27.3 Å². The van der Waals surface area contributed by atoms with Crippen molar-refractivity contribution in [2.24, 2.45) is 5.10 Å². The van der Waals surface area contributed by atoms with Gasteiger partial charge in [0.15, 0.2) is 11.6 Å². The SMILES string of the molecule is CCN(CCOC)c1nc(N/N=C/c2cc(-c3c(C)cc(CN4CCN(C)CC4)cc3Cl)cc(C)c2O)ncc1F. The molecule has 3 aromatic rings. The molecule has 220 valence electrons. The van der Waals surface area contributed by atoms with E-state index >= 15 is 0 Å². The van der Waals surface area contributed by atoms with Gasteiger partial charge in [-0.15, -0.1) is 0 Å². The average molecular weight is 584 g/mol. The van der Waals surface area contributed by atoms with E-state index in [0.29, 0.717) is 35.8 Å². The van der Waals surface area contributed by atoms with E-state index in [1.54, 1.807) is 12.0 Å². The smallest absolute Gasteiger partial charge is 0.245 e. The molecule has 2 N–H and O–H groups in total. The Labute approximate surface area is 246 Å². The summed E-state index contributed by atoms with van der Waals surface area (Å²) in [5, 5.41) is 15.7. The third-order valence-electron chi connectivity index (χ3n) is 7.31. The Hall–Kier alpha value is -3.31. The summed E-state index contributed by atoms with van der Waals surface area (Å²) in [6.45, 7) is 12.4. The molecule has 0 saturated carbocycles. The molecule has 9 nitrogen and oxygen atoms in total. The summed E-state index contributed by atoms with van der Waals surface area (Å²) in [4.78, 5) is 14.8. The highest BCUT2D eigenvalue weighted by molar-refractivity contribution is 6.33. The van der Waals surface area contributed by atoms with E-state index in [9.17, 15) is 9.50 Å². The monoisotopic (exact) mass is 583 g/mol. The number of phenolic OH excluding ortho intramolecular Hbond substituents is 1. The molecular weight excluding hydrogens is 545 g/mol. The van der Waals surface area contributed by atoms with Crippen LogP contribution in [-0.2, 0) is 11.3 Å². The molecule has 2 aromatic carbocycles. The zero-order valence-electron chi connectivity index (χ0n) is 24.4. The van der Waals surface area contributed by atoms with Gasteiger partial charge in [0.25, 0.3) is 0 Å². The van der Waals surface area contributed by atoms with Crippen LogP contribution in [0.3, 0.4) is 0 Å². The summed E-state index contributed by atoms with van der Waals surface area (Å²) >= 11 is 6.84. The Morgan fingerprint density at radius 3 is 2.61 bits per heavy atom. The van der Waals surface area contributed by atoms with Gasteiger partial charge in [-0.25, -0.2) is 14.8 Å². The third kappa shape index (κ3) is 7.71. The first-order valence-corrected chi connectivity index (χ1v) is 14.2. The Bertz CT molecular complexity index is 1360. The molecule has 2 heterocycles. The number of methoxy groups -OCH3 is 1. The quantitative estimate of drug-likeness (QED) is 0.243. The minimum absolute atomic E-state index is 0.109. The standard InChI is InChI=1S/C30H39ClFN7O2/c1-6-39(11-12-41-5)29-26(32)18-33-30(35-29)36-34-17-24-16-23(14-21(3)28(24)40)27-20(2)13-22(15-25(27)31)19-38-9-7-37(4)8-10-38/h13-18,40H,6-12,19H2,1-5H3,(H,33,35,36)/b34-17+. The van der Waals surface area contributed by atoms with Crippen molar-refractivity contribution >= 4 is 29.6 Å². The van der Waals surface area contributed by atoms with Crippen LogP contribution in [0.1, 0.15) is 29.2 Å². The van der Waals surface area contributed by atoms with E-state index in [1.807, 2.05) is 32.0 Å². The first-order chi connectivity index (χ1) is 19.7. The van der Waals surface area contributed by atoms with E-state index in [4.69, 9.17) is 16.3 Å². The number of hydrogen-bond donors (Lipinski definition) is 2. The van der Waals surface area contributed by atoms with Crippen molar-refractivity contribution in [1.29, 1.82) is 0 Å². The lowest BCUT2D eigenvalue weighted by Crippen LogP contribution is -2.43. The molecule has 41 heavy (non-hydrogen) atoms. The molecule has 1 aliphatic rings. The summed E-state index contributed by atoms with van der Waals surface area (Å²) in [5.41, 5.74) is 7.99. The molecule has 1 aliphatic heterocycles. The fraction of sp³-hybridized carbons (Fsp3) is 0.433. The molecule has 0 amide bonds. The first kappa shape index (κ1) is 30.6. The highest BCUT2D eigenvalue weighted by Crippen LogP contribution is 2.36. The molecule has 0 radical (unpaired) electrons. The number of aromatic hydroxyl groups is 1. The van der Waals surface area contributed by atoms with Crippen LogP contribution in [0, 0.1) is 19.7 Å². The molecule has 0 bridgehead atoms. The molecule has 4 rings (SSSR count). The lowest BCUT2D eigenvalue weighted by atomic mass is 9.94. The summed E-state index contributed by atoms with van der Waals surface area (Å²) in [5.74, 6) is -0.118. The van der Waals surface area contributed by atoms with Gasteiger partial charge in [0.2, 0.25) is 5.95 Å². The van der Waals surface area contributed by atoms with E-state index in [1.165, 1.54) is 11.8 Å². The molecule has 1 aromatic heterocycles. The van der Waals surface area contributed by atoms with E-state index in [0.717, 1.165) is 55.6 Å². The normalized spacial score (nSPS) is 14.6. The van der Waals surface area contributed by atoms with Crippen LogP contribution < -0.4 is 10.3 Å². The number of phenols is 1. The van der Waals surface area contributed by atoms with Gasteiger partial charge < -0.3 is 19.6 Å². The topological polar surface area (TPSA) is 89.4 Å². The fourth-order valence-electron chi connectivity index (χ4n) is 4.99. The van der Waals surface area contributed by atoms with Crippen molar-refractivity contribution in [2.75, 3.05) is 70.4 Å². The van der Waals surface area contributed by atoms with Gasteiger partial charge in [-0.1, -0.05) is 17.7 Å². The molecule has 1 saturated heterocycles. The highest BCUT2D eigenvalue weighted by Gasteiger charge is 2.18. The zero-order valence-corrected chi connectivity index (χ0v) is 25.2. The van der Waals surface area contributed by atoms with Gasteiger partial charge in [-0.05, 0) is 68.3 Å². The number of nitrogens with one attached hydrogen (secondary N) is 1. The number of nitrogens with zero attached hydrogens (tertiary/aromatic N) is 6. The van der Waals surface area contributed by atoms with Gasteiger partial charge in [0, 0.05) is 69.1 Å². The number of anilines is 2. The maximum absolute atomic E-state index is 14.4. The second-order valence-corrected chi connectivity index (χ2v) is 10.8. The summed E-state index contributed by atoms with van der Waals surface area (Å²) in [7, 11) is 3.75. The van der Waals surface area contributed by atoms with Crippen LogP contribution in [0.25, 0.3) is 11.1 Å². The Kier molecular flexibility index (Phi) is 10.5. The van der Waals surface area contributed by atoms with Gasteiger partial charge in [0.1, 0.15) is 5.75 Å². The average Bonchev–Trinajstić information content (AvgIpc) is 2.94. The minimum atomic E-state index is -0.528. The second kappa shape index (κ2) is 14.0. The maximum atomic E-state index is 14.4. The van der Waals surface area contributed by atoms with Crippen molar-refractivity contribution in [3.63, 3.8) is 0 Å². The number of aromatic nitrogens is 2. The number of rotatable bonds is 11. The molecule has 11 heteroatoms. The van der Waals surface area contributed by atoms with Crippen LogP contribution in [0.15, 0.2) is 35.6 Å². The second-order valence-electron chi connectivity index (χ2n) is 10.4. The lowest BCUT2D eigenvalue weighted by Gasteiger charge is -2.32. The predicted molar refractivity (Wildman–Crippen MR) is 164 cm³/mol. The lowest BCUT2D eigenvalue weighted by molar-refractivity contribution is 0.148. The number of hydrazone groups is 1. The highest BCUT2D eigenvalue weighted by atomic mass is 35.5. The number of halogens is 2. The first-order valence-electron chi connectivity index (χ1n) is 13.8. The van der Waals surface area contributed by atoms with Crippen LogP contribution in [0.4, 0.5) is 16.2 Å². The summed E-state index contributed by atoms with van der Waals surface area (Å²) in [6.07, 6.45) is 2.60. The summed E-state index contributed by atoms with van der Waals surface area (Å²) < 4.78 is 19.5. The largest absolute Gasteiger partial charge is 0.507 e. The number of likely N-dealkylation sites (N-methyl/N-ethyl adjacent to an activating group) is 2. The number of hydrogen-bond acceptors (Lipinski definition) is 9. The molecule has 0 spiro atoms. The number of benzene rings is 2. The third-order valence-corrected chi connectivity index (χ3v) is 7.61. The van der Waals surface area contributed by atoms with E-state index in [-0.39, 0.29) is 17.5 Å². The molecule has 0 aliphatic carbocycles. The van der Waals surface area contributed by atoms with Gasteiger partial charge >= 0.3 is 0 Å². The fourth-order valence-corrected chi connectivity index (χ4v) is 5.39. The molecule has 1 fully saturated rings. The number of piperazine rings is 1. The zero-order chi connectivity index (χ0) is 29.5. The van der Waals surface area contributed by atoms with Gasteiger partial charge in [-0.3, -0.25) is 4.90 Å². The van der Waals surface area contributed by atoms with Crippen LogP contribution in [0.5, 0.6) is 5.75 Å². The van der Waals surface area contributed by atoms with Crippen LogP contribution in [-0.4, -0.2) is 91.1 Å².